The SMILES string of the molecule is CCOc1cccc2cc(-c3nnc(NC(=O)c4ccc(Br)cc4)o3)oc12. The maximum Gasteiger partial charge on any atom is 0.322 e. The summed E-state index contributed by atoms with van der Waals surface area (Å²) in [6.07, 6.45) is 0. The molecule has 2 heterocycles. The van der Waals surface area contributed by atoms with Crippen molar-refractivity contribution in [3.8, 4) is 17.4 Å². The largest absolute Gasteiger partial charge is 0.490 e. The van der Waals surface area contributed by atoms with E-state index in [2.05, 4.69) is 31.4 Å². The number of hydrogen-bond acceptors (Lipinski definition) is 6. The number of rotatable bonds is 5. The van der Waals surface area contributed by atoms with Gasteiger partial charge in [-0.05, 0) is 43.3 Å². The van der Waals surface area contributed by atoms with Crippen molar-refractivity contribution in [2.24, 2.45) is 0 Å². The van der Waals surface area contributed by atoms with Crippen LogP contribution in [-0.2, 0) is 0 Å². The van der Waals surface area contributed by atoms with Crippen LogP contribution in [0.2, 0.25) is 0 Å². The number of carbonyl (C=O) groups excluding carboxylic acids is 1. The zero-order valence-electron chi connectivity index (χ0n) is 14.2. The van der Waals surface area contributed by atoms with Crippen LogP contribution >= 0.6 is 15.9 Å². The van der Waals surface area contributed by atoms with E-state index < -0.39 is 0 Å². The van der Waals surface area contributed by atoms with E-state index in [1.807, 2.05) is 25.1 Å². The van der Waals surface area contributed by atoms with Gasteiger partial charge in [-0.15, -0.1) is 5.10 Å². The fraction of sp³-hybridized carbons (Fsp3) is 0.105. The van der Waals surface area contributed by atoms with Gasteiger partial charge in [-0.1, -0.05) is 33.2 Å². The number of halogens is 1. The monoisotopic (exact) mass is 427 g/mol. The molecule has 4 rings (SSSR count). The Bertz CT molecular complexity index is 1100. The van der Waals surface area contributed by atoms with Gasteiger partial charge in [-0.2, -0.15) is 0 Å². The molecule has 0 radical (unpaired) electrons. The normalized spacial score (nSPS) is 10.9. The first-order chi connectivity index (χ1) is 13.1. The molecule has 2 aromatic carbocycles. The minimum atomic E-state index is -0.346. The first kappa shape index (κ1) is 17.3. The molecule has 8 heteroatoms. The van der Waals surface area contributed by atoms with Crippen LogP contribution in [0.25, 0.3) is 22.6 Å². The molecule has 0 bridgehead atoms. The number of ether oxygens (including phenoxy) is 1. The topological polar surface area (TPSA) is 90.4 Å². The first-order valence-electron chi connectivity index (χ1n) is 8.20. The minimum absolute atomic E-state index is 0.0107. The van der Waals surface area contributed by atoms with Gasteiger partial charge in [-0.3, -0.25) is 10.1 Å². The summed E-state index contributed by atoms with van der Waals surface area (Å²) < 4.78 is 17.8. The summed E-state index contributed by atoms with van der Waals surface area (Å²) in [5, 5.41) is 11.2. The van der Waals surface area contributed by atoms with E-state index in [1.165, 1.54) is 0 Å². The van der Waals surface area contributed by atoms with E-state index in [-0.39, 0.29) is 17.8 Å². The third-order valence-electron chi connectivity index (χ3n) is 3.77. The van der Waals surface area contributed by atoms with Gasteiger partial charge in [-0.25, -0.2) is 0 Å². The molecule has 7 nitrogen and oxygen atoms in total. The van der Waals surface area contributed by atoms with Crippen LogP contribution in [-0.4, -0.2) is 22.7 Å². The van der Waals surface area contributed by atoms with Crippen molar-refractivity contribution in [2.75, 3.05) is 11.9 Å². The summed E-state index contributed by atoms with van der Waals surface area (Å²) >= 11 is 3.33. The van der Waals surface area contributed by atoms with Gasteiger partial charge in [0.05, 0.1) is 6.61 Å². The summed E-state index contributed by atoms with van der Waals surface area (Å²) in [6.45, 7) is 2.43. The molecule has 0 atom stereocenters. The molecule has 0 saturated heterocycles. The minimum Gasteiger partial charge on any atom is -0.490 e. The highest BCUT2D eigenvalue weighted by Gasteiger charge is 2.17. The van der Waals surface area contributed by atoms with Gasteiger partial charge in [0.2, 0.25) is 0 Å². The van der Waals surface area contributed by atoms with Crippen LogP contribution in [0.5, 0.6) is 5.75 Å². The Morgan fingerprint density at radius 3 is 2.74 bits per heavy atom. The second-order valence-corrected chi connectivity index (χ2v) is 6.51. The van der Waals surface area contributed by atoms with Crippen LogP contribution in [0.4, 0.5) is 6.01 Å². The van der Waals surface area contributed by atoms with Crippen LogP contribution in [0, 0.1) is 0 Å². The van der Waals surface area contributed by atoms with Crippen molar-refractivity contribution < 1.29 is 18.4 Å². The molecule has 136 valence electrons. The summed E-state index contributed by atoms with van der Waals surface area (Å²) in [5.41, 5.74) is 1.08. The van der Waals surface area contributed by atoms with Gasteiger partial charge in [0.1, 0.15) is 0 Å². The van der Waals surface area contributed by atoms with Crippen LogP contribution in [0.1, 0.15) is 17.3 Å². The third-order valence-corrected chi connectivity index (χ3v) is 4.30. The lowest BCUT2D eigenvalue weighted by molar-refractivity contribution is 0.102. The van der Waals surface area contributed by atoms with Gasteiger partial charge in [0, 0.05) is 15.4 Å². The van der Waals surface area contributed by atoms with Crippen molar-refractivity contribution in [3.05, 3.63) is 58.6 Å². The number of para-hydroxylation sites is 1. The van der Waals surface area contributed by atoms with Crippen LogP contribution in [0.15, 0.2) is 61.8 Å². The number of aromatic nitrogens is 2. The Kier molecular flexibility index (Phi) is 4.64. The van der Waals surface area contributed by atoms with E-state index in [1.54, 1.807) is 30.3 Å². The molecular weight excluding hydrogens is 414 g/mol. The quantitative estimate of drug-likeness (QED) is 0.487. The maximum absolute atomic E-state index is 12.2. The molecule has 0 aliphatic heterocycles. The summed E-state index contributed by atoms with van der Waals surface area (Å²) in [7, 11) is 0. The lowest BCUT2D eigenvalue weighted by Crippen LogP contribution is -2.11. The number of benzene rings is 2. The van der Waals surface area contributed by atoms with Gasteiger partial charge in [0.25, 0.3) is 11.8 Å². The van der Waals surface area contributed by atoms with E-state index in [9.17, 15) is 4.79 Å². The molecule has 1 N–H and O–H groups in total. The Labute approximate surface area is 162 Å². The molecule has 0 unspecified atom stereocenters. The molecular formula is C19H14BrN3O4. The van der Waals surface area contributed by atoms with E-state index in [0.717, 1.165) is 9.86 Å². The van der Waals surface area contributed by atoms with Crippen molar-refractivity contribution in [2.45, 2.75) is 6.92 Å². The molecule has 2 aromatic heterocycles. The Morgan fingerprint density at radius 2 is 1.96 bits per heavy atom. The first-order valence-corrected chi connectivity index (χ1v) is 8.99. The number of anilines is 1. The lowest BCUT2D eigenvalue weighted by Gasteiger charge is -2.01. The highest BCUT2D eigenvalue weighted by molar-refractivity contribution is 9.10. The predicted molar refractivity (Wildman–Crippen MR) is 103 cm³/mol. The Morgan fingerprint density at radius 1 is 1.15 bits per heavy atom. The van der Waals surface area contributed by atoms with Crippen molar-refractivity contribution in [1.29, 1.82) is 0 Å². The second kappa shape index (κ2) is 7.24. The molecule has 27 heavy (non-hydrogen) atoms. The van der Waals surface area contributed by atoms with Crippen molar-refractivity contribution in [3.63, 3.8) is 0 Å². The van der Waals surface area contributed by atoms with Crippen molar-refractivity contribution in [1.82, 2.24) is 10.2 Å². The lowest BCUT2D eigenvalue weighted by atomic mass is 10.2. The zero-order valence-corrected chi connectivity index (χ0v) is 15.8. The summed E-state index contributed by atoms with van der Waals surface area (Å²) in [4.78, 5) is 12.2. The second-order valence-electron chi connectivity index (χ2n) is 5.59. The van der Waals surface area contributed by atoms with E-state index >= 15 is 0 Å². The molecule has 0 fully saturated rings. The predicted octanol–water partition coefficient (Wildman–Crippen LogP) is 4.90. The highest BCUT2D eigenvalue weighted by atomic mass is 79.9. The fourth-order valence-electron chi connectivity index (χ4n) is 2.55. The molecule has 4 aromatic rings. The number of fused-ring (bicyclic) bond motifs is 1. The number of furan rings is 1. The smallest absolute Gasteiger partial charge is 0.322 e. The fourth-order valence-corrected chi connectivity index (χ4v) is 2.82. The van der Waals surface area contributed by atoms with Crippen molar-refractivity contribution >= 4 is 38.8 Å². The average Bonchev–Trinajstić information content (AvgIpc) is 3.29. The average molecular weight is 428 g/mol. The number of amides is 1. The van der Waals surface area contributed by atoms with Crippen LogP contribution in [0.3, 0.4) is 0 Å². The third kappa shape index (κ3) is 3.56. The Hall–Kier alpha value is -3.13. The number of nitrogens with zero attached hydrogens (tertiary/aromatic N) is 2. The molecule has 0 saturated carbocycles. The zero-order chi connectivity index (χ0) is 18.8. The van der Waals surface area contributed by atoms with Crippen LogP contribution < -0.4 is 10.1 Å². The molecule has 0 aliphatic rings. The molecule has 0 spiro atoms. The number of carbonyl (C=O) groups is 1. The van der Waals surface area contributed by atoms with E-state index in [4.69, 9.17) is 13.6 Å². The Balaban J connectivity index is 1.57. The van der Waals surface area contributed by atoms with E-state index in [0.29, 0.717) is 29.3 Å². The summed E-state index contributed by atoms with van der Waals surface area (Å²) in [6, 6.07) is 14.3. The molecule has 0 aliphatic carbocycles. The molecule has 1 amide bonds. The standard InChI is InChI=1S/C19H14BrN3O4/c1-2-25-14-5-3-4-12-10-15(26-16(12)14)18-22-23-19(27-18)21-17(24)11-6-8-13(20)9-7-11/h3-10H,2H2,1H3,(H,21,23,24). The number of hydrogen-bond donors (Lipinski definition) is 1. The van der Waals surface area contributed by atoms with Gasteiger partial charge in [0.15, 0.2) is 17.1 Å². The van der Waals surface area contributed by atoms with Gasteiger partial charge < -0.3 is 13.6 Å². The highest BCUT2D eigenvalue weighted by Crippen LogP contribution is 2.33. The van der Waals surface area contributed by atoms with Gasteiger partial charge >= 0.3 is 6.01 Å². The maximum atomic E-state index is 12.2. The number of nitrogens with one attached hydrogen (secondary N) is 1. The summed E-state index contributed by atoms with van der Waals surface area (Å²) in [5.74, 6) is 0.860.